The van der Waals surface area contributed by atoms with Gasteiger partial charge in [0, 0.05) is 9.79 Å². The van der Waals surface area contributed by atoms with Gasteiger partial charge in [0.1, 0.15) is 0 Å². The van der Waals surface area contributed by atoms with E-state index in [2.05, 4.69) is 0 Å². The van der Waals surface area contributed by atoms with Gasteiger partial charge < -0.3 is 28.4 Å². The number of ether oxygens (including phenoxy) is 6. The summed E-state index contributed by atoms with van der Waals surface area (Å²) >= 11 is 0. The van der Waals surface area contributed by atoms with Gasteiger partial charge >= 0.3 is 0 Å². The molecule has 0 aliphatic carbocycles. The average molecular weight is 477 g/mol. The van der Waals surface area contributed by atoms with E-state index in [-0.39, 0.29) is 0 Å². The Morgan fingerprint density at radius 2 is 0.719 bits per heavy atom. The van der Waals surface area contributed by atoms with E-state index in [1.807, 2.05) is 60.7 Å². The molecule has 8 heteroatoms. The first-order chi connectivity index (χ1) is 15.6. The highest BCUT2D eigenvalue weighted by molar-refractivity contribution is 8.76. The number of methoxy groups -OCH3 is 6. The maximum atomic E-state index is 5.31. The summed E-state index contributed by atoms with van der Waals surface area (Å²) in [6.07, 6.45) is 0. The van der Waals surface area contributed by atoms with Crippen LogP contribution in [0.3, 0.4) is 0 Å². The molecule has 0 aromatic heterocycles. The molecule has 3 aromatic rings. The van der Waals surface area contributed by atoms with Crippen molar-refractivity contribution in [1.82, 2.24) is 0 Å². The fraction of sp³-hybridized carbons (Fsp3) is 0.250. The Balaban J connectivity index is 0.000000303. The molecule has 32 heavy (non-hydrogen) atoms. The van der Waals surface area contributed by atoms with E-state index in [1.165, 1.54) is 0 Å². The molecule has 0 aliphatic rings. The van der Waals surface area contributed by atoms with Gasteiger partial charge in [-0.05, 0) is 48.5 Å². The van der Waals surface area contributed by atoms with Crippen LogP contribution < -0.4 is 28.4 Å². The second-order valence-electron chi connectivity index (χ2n) is 6.06. The summed E-state index contributed by atoms with van der Waals surface area (Å²) in [5.74, 6) is 4.43. The predicted molar refractivity (Wildman–Crippen MR) is 130 cm³/mol. The van der Waals surface area contributed by atoms with Crippen LogP contribution >= 0.6 is 21.6 Å². The Bertz CT molecular complexity index is 902. The minimum atomic E-state index is 0.723. The fourth-order valence-electron chi connectivity index (χ4n) is 2.62. The normalized spacial score (nSPS) is 9.81. The zero-order valence-electron chi connectivity index (χ0n) is 19.0. The number of rotatable bonds is 9. The zero-order chi connectivity index (χ0) is 23.3. The largest absolute Gasteiger partial charge is 0.493 e. The van der Waals surface area contributed by atoms with Gasteiger partial charge in [0.05, 0.1) is 42.7 Å². The summed E-state index contributed by atoms with van der Waals surface area (Å²) in [6, 6.07) is 19.2. The lowest BCUT2D eigenvalue weighted by atomic mass is 10.3. The highest BCUT2D eigenvalue weighted by Gasteiger charge is 2.08. The van der Waals surface area contributed by atoms with Crippen LogP contribution in [0.4, 0.5) is 0 Å². The number of para-hydroxylation sites is 2. The lowest BCUT2D eigenvalue weighted by Crippen LogP contribution is -1.90. The van der Waals surface area contributed by atoms with E-state index in [1.54, 1.807) is 64.2 Å². The van der Waals surface area contributed by atoms with Crippen LogP contribution in [-0.2, 0) is 0 Å². The molecule has 0 saturated heterocycles. The topological polar surface area (TPSA) is 55.4 Å². The third-order valence-electron chi connectivity index (χ3n) is 4.23. The van der Waals surface area contributed by atoms with Crippen LogP contribution in [0.1, 0.15) is 0 Å². The molecule has 3 aromatic carbocycles. The molecule has 0 fully saturated rings. The first-order valence-corrected chi connectivity index (χ1v) is 11.7. The number of hydrogen-bond donors (Lipinski definition) is 0. The number of hydrogen-bond acceptors (Lipinski definition) is 8. The lowest BCUT2D eigenvalue weighted by molar-refractivity contribution is 0.354. The minimum Gasteiger partial charge on any atom is -0.493 e. The van der Waals surface area contributed by atoms with Gasteiger partial charge in [-0.1, -0.05) is 33.7 Å². The molecular formula is C24H28O6S2. The third kappa shape index (κ3) is 7.10. The van der Waals surface area contributed by atoms with Crippen molar-refractivity contribution in [2.24, 2.45) is 0 Å². The quantitative estimate of drug-likeness (QED) is 0.337. The Morgan fingerprint density at radius 3 is 1.03 bits per heavy atom. The Morgan fingerprint density at radius 1 is 0.406 bits per heavy atom. The van der Waals surface area contributed by atoms with Gasteiger partial charge in [0.15, 0.2) is 34.5 Å². The SMILES string of the molecule is COc1ccc(SSc2ccc(OC)c(OC)c2)cc1OC.COc1ccccc1OC. The molecule has 3 rings (SSSR count). The van der Waals surface area contributed by atoms with Crippen molar-refractivity contribution < 1.29 is 28.4 Å². The van der Waals surface area contributed by atoms with Gasteiger partial charge in [-0.2, -0.15) is 0 Å². The second-order valence-corrected chi connectivity index (χ2v) is 8.33. The summed E-state index contributed by atoms with van der Waals surface area (Å²) in [7, 11) is 13.0. The molecule has 0 heterocycles. The van der Waals surface area contributed by atoms with E-state index in [4.69, 9.17) is 28.4 Å². The van der Waals surface area contributed by atoms with Crippen molar-refractivity contribution in [2.75, 3.05) is 42.7 Å². The maximum Gasteiger partial charge on any atom is 0.161 e. The van der Waals surface area contributed by atoms with Crippen molar-refractivity contribution in [2.45, 2.75) is 9.79 Å². The van der Waals surface area contributed by atoms with Crippen LogP contribution in [0.25, 0.3) is 0 Å². The second kappa shape index (κ2) is 13.5. The van der Waals surface area contributed by atoms with E-state index >= 15 is 0 Å². The van der Waals surface area contributed by atoms with Crippen LogP contribution in [0.2, 0.25) is 0 Å². The van der Waals surface area contributed by atoms with Gasteiger partial charge in [0.25, 0.3) is 0 Å². The molecule has 0 spiro atoms. The summed E-state index contributed by atoms with van der Waals surface area (Å²) in [5, 5.41) is 0. The first kappa shape index (κ1) is 25.4. The molecule has 0 unspecified atom stereocenters. The van der Waals surface area contributed by atoms with E-state index in [9.17, 15) is 0 Å². The molecule has 172 valence electrons. The zero-order valence-corrected chi connectivity index (χ0v) is 20.7. The Hall–Kier alpha value is -2.84. The fourth-order valence-corrected chi connectivity index (χ4v) is 4.57. The van der Waals surface area contributed by atoms with Gasteiger partial charge in [-0.25, -0.2) is 0 Å². The molecule has 0 radical (unpaired) electrons. The van der Waals surface area contributed by atoms with Gasteiger partial charge in [0.2, 0.25) is 0 Å². The Kier molecular flexibility index (Phi) is 10.8. The summed E-state index contributed by atoms with van der Waals surface area (Å²) in [5.41, 5.74) is 0. The predicted octanol–water partition coefficient (Wildman–Crippen LogP) is 6.22. The standard InChI is InChI=1S/C16H18O4S2.C8H10O2/c1-17-13-7-5-11(9-15(13)19-3)21-22-12-6-8-14(18-2)16(10-12)20-4;1-9-7-5-3-4-6-8(7)10-2/h5-10H,1-4H3;3-6H,1-2H3. The molecule has 0 atom stereocenters. The summed E-state index contributed by atoms with van der Waals surface area (Å²) in [4.78, 5) is 2.16. The van der Waals surface area contributed by atoms with Gasteiger partial charge in [-0.15, -0.1) is 0 Å². The monoisotopic (exact) mass is 476 g/mol. The van der Waals surface area contributed by atoms with Crippen LogP contribution in [0, 0.1) is 0 Å². The lowest BCUT2D eigenvalue weighted by Gasteiger charge is -2.10. The van der Waals surface area contributed by atoms with Crippen LogP contribution in [0.15, 0.2) is 70.5 Å². The first-order valence-electron chi connectivity index (χ1n) is 9.55. The van der Waals surface area contributed by atoms with Gasteiger partial charge in [-0.3, -0.25) is 0 Å². The molecule has 0 saturated carbocycles. The highest BCUT2D eigenvalue weighted by Crippen LogP contribution is 2.42. The van der Waals surface area contributed by atoms with Crippen LogP contribution in [0.5, 0.6) is 34.5 Å². The van der Waals surface area contributed by atoms with Crippen molar-refractivity contribution in [3.05, 3.63) is 60.7 Å². The minimum absolute atomic E-state index is 0.723. The smallest absolute Gasteiger partial charge is 0.161 e. The van der Waals surface area contributed by atoms with Crippen molar-refractivity contribution >= 4 is 21.6 Å². The van der Waals surface area contributed by atoms with Crippen LogP contribution in [-0.4, -0.2) is 42.7 Å². The Labute approximate surface area is 197 Å². The van der Waals surface area contributed by atoms with E-state index < -0.39 is 0 Å². The molecule has 6 nitrogen and oxygen atoms in total. The summed E-state index contributed by atoms with van der Waals surface area (Å²) in [6.45, 7) is 0. The molecule has 0 aliphatic heterocycles. The molecule has 0 bridgehead atoms. The van der Waals surface area contributed by atoms with Crippen molar-refractivity contribution in [3.63, 3.8) is 0 Å². The molecular weight excluding hydrogens is 448 g/mol. The molecule has 0 N–H and O–H groups in total. The third-order valence-corrected chi connectivity index (χ3v) is 6.61. The highest BCUT2D eigenvalue weighted by atomic mass is 33.1. The summed E-state index contributed by atoms with van der Waals surface area (Å²) < 4.78 is 31.1. The van der Waals surface area contributed by atoms with E-state index in [0.717, 1.165) is 44.3 Å². The molecule has 0 amide bonds. The average Bonchev–Trinajstić information content (AvgIpc) is 2.87. The van der Waals surface area contributed by atoms with Crippen molar-refractivity contribution in [3.8, 4) is 34.5 Å². The van der Waals surface area contributed by atoms with E-state index in [0.29, 0.717) is 0 Å². The van der Waals surface area contributed by atoms with Crippen molar-refractivity contribution in [1.29, 1.82) is 0 Å². The number of benzene rings is 3. The maximum absolute atomic E-state index is 5.31.